The number of carbonyl (C=O) groups is 2. The Balaban J connectivity index is 2.12. The van der Waals surface area contributed by atoms with Crippen molar-refractivity contribution in [2.45, 2.75) is 13.1 Å². The molecule has 1 unspecified atom stereocenters. The van der Waals surface area contributed by atoms with Crippen LogP contribution in [0.15, 0.2) is 48.5 Å². The number of imide groups is 1. The number of hydrogen-bond donors (Lipinski definition) is 0. The lowest BCUT2D eigenvalue weighted by Crippen LogP contribution is -2.43. The molecule has 2 aromatic carbocycles. The quantitative estimate of drug-likeness (QED) is 0.745. The second kappa shape index (κ2) is 4.56. The van der Waals surface area contributed by atoms with Gasteiger partial charge in [0.25, 0.3) is 11.8 Å². The molecule has 0 aliphatic carbocycles. The summed E-state index contributed by atoms with van der Waals surface area (Å²) >= 11 is 0. The van der Waals surface area contributed by atoms with Gasteiger partial charge in [-0.2, -0.15) is 0 Å². The van der Waals surface area contributed by atoms with Crippen LogP contribution in [0.5, 0.6) is 0 Å². The van der Waals surface area contributed by atoms with Crippen LogP contribution >= 0.6 is 0 Å². The Labute approximate surface area is 115 Å². The highest BCUT2D eigenvalue weighted by molar-refractivity contribution is 6.25. The van der Waals surface area contributed by atoms with E-state index in [4.69, 9.17) is 0 Å². The van der Waals surface area contributed by atoms with Crippen molar-refractivity contribution in [1.82, 2.24) is 0 Å². The smallest absolute Gasteiger partial charge is 0.270 e. The van der Waals surface area contributed by atoms with Crippen LogP contribution in [-0.4, -0.2) is 11.8 Å². The molecule has 0 saturated carbocycles. The van der Waals surface area contributed by atoms with Gasteiger partial charge in [0.1, 0.15) is 0 Å². The minimum Gasteiger partial charge on any atom is -0.270 e. The largest absolute Gasteiger partial charge is 0.273 e. The molecular weight excluding hydrogens is 257 g/mol. The molecule has 0 spiro atoms. The van der Waals surface area contributed by atoms with Gasteiger partial charge in [-0.05, 0) is 25.1 Å². The van der Waals surface area contributed by atoms with Gasteiger partial charge in [-0.3, -0.25) is 9.59 Å². The summed E-state index contributed by atoms with van der Waals surface area (Å²) in [5.41, 5.74) is 1.77. The minimum atomic E-state index is -1.80. The third-order valence-corrected chi connectivity index (χ3v) is 3.40. The predicted octanol–water partition coefficient (Wildman–Crippen LogP) is 3.19. The Bertz CT molecular complexity index is 694. The molecule has 0 fully saturated rings. The number of aryl methyl sites for hydroxylation is 1. The maximum atomic E-state index is 14.2. The minimum absolute atomic E-state index is 0.144. The van der Waals surface area contributed by atoms with Crippen molar-refractivity contribution in [2.75, 3.05) is 4.90 Å². The molecule has 1 heterocycles. The van der Waals surface area contributed by atoms with Crippen molar-refractivity contribution in [3.63, 3.8) is 0 Å². The van der Waals surface area contributed by atoms with Gasteiger partial charge in [0.2, 0.25) is 6.17 Å². The van der Waals surface area contributed by atoms with Crippen LogP contribution < -0.4 is 4.90 Å². The summed E-state index contributed by atoms with van der Waals surface area (Å²) in [4.78, 5) is 25.4. The van der Waals surface area contributed by atoms with E-state index in [2.05, 4.69) is 0 Å². The lowest BCUT2D eigenvalue weighted by atomic mass is 9.96. The van der Waals surface area contributed by atoms with Crippen LogP contribution in [0.1, 0.15) is 27.7 Å². The third kappa shape index (κ3) is 1.81. The summed E-state index contributed by atoms with van der Waals surface area (Å²) in [6.45, 7) is 1.90. The predicted molar refractivity (Wildman–Crippen MR) is 73.3 cm³/mol. The van der Waals surface area contributed by atoms with Crippen molar-refractivity contribution in [2.24, 2.45) is 0 Å². The molecule has 2 aromatic rings. The Morgan fingerprint density at radius 3 is 2.35 bits per heavy atom. The highest BCUT2D eigenvalue weighted by Crippen LogP contribution is 2.33. The summed E-state index contributed by atoms with van der Waals surface area (Å²) in [6, 6.07) is 13.1. The molecule has 20 heavy (non-hydrogen) atoms. The molecule has 1 atom stereocenters. The molecular formula is C16H12FNO2. The number of anilines is 1. The van der Waals surface area contributed by atoms with Gasteiger partial charge in [0, 0.05) is 11.1 Å². The van der Waals surface area contributed by atoms with E-state index in [0.717, 1.165) is 10.5 Å². The van der Waals surface area contributed by atoms with Gasteiger partial charge < -0.3 is 0 Å². The fraction of sp³-hybridized carbons (Fsp3) is 0.125. The third-order valence-electron chi connectivity index (χ3n) is 3.40. The van der Waals surface area contributed by atoms with Gasteiger partial charge >= 0.3 is 0 Å². The van der Waals surface area contributed by atoms with Crippen molar-refractivity contribution in [3.05, 3.63) is 65.2 Å². The van der Waals surface area contributed by atoms with E-state index in [-0.39, 0.29) is 11.1 Å². The number of rotatable bonds is 1. The Kier molecular flexibility index (Phi) is 2.86. The van der Waals surface area contributed by atoms with Crippen molar-refractivity contribution < 1.29 is 14.0 Å². The lowest BCUT2D eigenvalue weighted by molar-refractivity contribution is -0.123. The average molecular weight is 269 g/mol. The maximum absolute atomic E-state index is 14.2. The van der Waals surface area contributed by atoms with Gasteiger partial charge in [0.15, 0.2) is 0 Å². The van der Waals surface area contributed by atoms with Gasteiger partial charge in [0.05, 0.1) is 5.69 Å². The summed E-state index contributed by atoms with van der Waals surface area (Å²) in [7, 11) is 0. The molecule has 0 radical (unpaired) electrons. The summed E-state index contributed by atoms with van der Waals surface area (Å²) in [5.74, 6) is -1.32. The topological polar surface area (TPSA) is 37.4 Å². The van der Waals surface area contributed by atoms with Gasteiger partial charge in [-0.15, -0.1) is 0 Å². The number of halogens is 1. The summed E-state index contributed by atoms with van der Waals surface area (Å²) in [6.07, 6.45) is -1.80. The van der Waals surface area contributed by atoms with Crippen LogP contribution in [0.2, 0.25) is 0 Å². The number of fused-ring (bicyclic) bond motifs is 1. The van der Waals surface area contributed by atoms with Crippen molar-refractivity contribution in [1.29, 1.82) is 0 Å². The van der Waals surface area contributed by atoms with E-state index < -0.39 is 18.0 Å². The van der Waals surface area contributed by atoms with E-state index >= 15 is 0 Å². The van der Waals surface area contributed by atoms with Gasteiger partial charge in [-0.25, -0.2) is 9.29 Å². The first kappa shape index (κ1) is 12.5. The van der Waals surface area contributed by atoms with E-state index in [1.807, 2.05) is 6.92 Å². The van der Waals surface area contributed by atoms with E-state index in [1.165, 1.54) is 12.1 Å². The van der Waals surface area contributed by atoms with Crippen LogP contribution in [0.4, 0.5) is 10.1 Å². The van der Waals surface area contributed by atoms with Crippen molar-refractivity contribution >= 4 is 17.5 Å². The molecule has 3 rings (SSSR count). The maximum Gasteiger partial charge on any atom is 0.273 e. The number of alkyl halides is 1. The number of benzene rings is 2. The number of nitrogens with zero attached hydrogens (tertiary/aromatic N) is 1. The number of carbonyl (C=O) groups excluding carboxylic acids is 2. The molecule has 0 bridgehead atoms. The first-order valence-corrected chi connectivity index (χ1v) is 6.27. The second-order valence-corrected chi connectivity index (χ2v) is 4.76. The monoisotopic (exact) mass is 269 g/mol. The Hall–Kier alpha value is -2.49. The fourth-order valence-electron chi connectivity index (χ4n) is 2.32. The van der Waals surface area contributed by atoms with Crippen LogP contribution in [-0.2, 0) is 4.79 Å². The molecule has 1 aliphatic heterocycles. The Morgan fingerprint density at radius 1 is 1.00 bits per heavy atom. The summed E-state index contributed by atoms with van der Waals surface area (Å²) < 4.78 is 14.2. The van der Waals surface area contributed by atoms with Crippen LogP contribution in [0.25, 0.3) is 0 Å². The zero-order valence-corrected chi connectivity index (χ0v) is 10.8. The molecule has 0 saturated heterocycles. The highest BCUT2D eigenvalue weighted by Gasteiger charge is 2.39. The molecule has 0 N–H and O–H groups in total. The zero-order chi connectivity index (χ0) is 14.3. The first-order valence-electron chi connectivity index (χ1n) is 6.27. The normalized spacial score (nSPS) is 18.1. The Morgan fingerprint density at radius 2 is 1.65 bits per heavy atom. The average Bonchev–Trinajstić information content (AvgIpc) is 2.47. The molecule has 4 heteroatoms. The zero-order valence-electron chi connectivity index (χ0n) is 10.8. The molecule has 3 nitrogen and oxygen atoms in total. The van der Waals surface area contributed by atoms with Gasteiger partial charge in [-0.1, -0.05) is 35.9 Å². The standard InChI is InChI=1S/C16H12FNO2/c1-10-6-8-11(9-7-10)18-15(19)13-5-3-2-4-12(13)14(17)16(18)20/h2-9,14H,1H3. The fourth-order valence-corrected chi connectivity index (χ4v) is 2.32. The van der Waals surface area contributed by atoms with E-state index in [1.54, 1.807) is 36.4 Å². The van der Waals surface area contributed by atoms with E-state index in [0.29, 0.717) is 5.69 Å². The SMILES string of the molecule is Cc1ccc(N2C(=O)c3ccccc3C(F)C2=O)cc1. The molecule has 2 amide bonds. The van der Waals surface area contributed by atoms with Crippen LogP contribution in [0, 0.1) is 6.92 Å². The molecule has 1 aliphatic rings. The second-order valence-electron chi connectivity index (χ2n) is 4.76. The highest BCUT2D eigenvalue weighted by atomic mass is 19.1. The van der Waals surface area contributed by atoms with Crippen LogP contribution in [0.3, 0.4) is 0 Å². The lowest BCUT2D eigenvalue weighted by Gasteiger charge is -2.28. The number of amides is 2. The molecule has 100 valence electrons. The van der Waals surface area contributed by atoms with Crippen molar-refractivity contribution in [3.8, 4) is 0 Å². The van der Waals surface area contributed by atoms with E-state index in [9.17, 15) is 14.0 Å². The summed E-state index contributed by atoms with van der Waals surface area (Å²) in [5, 5.41) is 0. The molecule has 0 aromatic heterocycles. The first-order chi connectivity index (χ1) is 9.59. The number of hydrogen-bond acceptors (Lipinski definition) is 2.